The zero-order valence-corrected chi connectivity index (χ0v) is 17.3. The molecule has 27 heavy (non-hydrogen) atoms. The number of hydrogen-bond acceptors (Lipinski definition) is 3. The first-order valence-electron chi connectivity index (χ1n) is 9.19. The van der Waals surface area contributed by atoms with Gasteiger partial charge in [0.1, 0.15) is 5.75 Å². The number of halogens is 3. The third-order valence-corrected chi connectivity index (χ3v) is 5.00. The van der Waals surface area contributed by atoms with Gasteiger partial charge < -0.3 is 15.8 Å². The maximum Gasteiger partial charge on any atom is 0.170 e. The summed E-state index contributed by atoms with van der Waals surface area (Å²) in [5.74, 6) is 1.19. The number of rotatable bonds is 6. The zero-order chi connectivity index (χ0) is 17.6. The Bertz CT molecular complexity index is 694. The fourth-order valence-corrected chi connectivity index (χ4v) is 3.50. The van der Waals surface area contributed by atoms with Gasteiger partial charge in [0.05, 0.1) is 0 Å². The molecule has 150 valence electrons. The molecule has 0 radical (unpaired) electrons. The van der Waals surface area contributed by atoms with Crippen LogP contribution in [0.15, 0.2) is 42.5 Å². The first-order chi connectivity index (χ1) is 12.2. The van der Waals surface area contributed by atoms with Gasteiger partial charge in [0.25, 0.3) is 0 Å². The molecule has 0 amide bonds. The van der Waals surface area contributed by atoms with Gasteiger partial charge in [0.15, 0.2) is 11.6 Å². The maximum absolute atomic E-state index is 15.2. The molecule has 1 heterocycles. The highest BCUT2D eigenvalue weighted by Gasteiger charge is 2.23. The summed E-state index contributed by atoms with van der Waals surface area (Å²) in [5.41, 5.74) is 7.78. The van der Waals surface area contributed by atoms with Gasteiger partial charge in [-0.3, -0.25) is 0 Å². The van der Waals surface area contributed by atoms with Crippen LogP contribution in [-0.2, 0) is 6.42 Å². The predicted octanol–water partition coefficient (Wildman–Crippen LogP) is 5.41. The van der Waals surface area contributed by atoms with Crippen molar-refractivity contribution < 1.29 is 9.13 Å². The molecule has 2 aromatic carbocycles. The lowest BCUT2D eigenvalue weighted by Gasteiger charge is -2.26. The van der Waals surface area contributed by atoms with Gasteiger partial charge in [-0.05, 0) is 62.4 Å². The number of ether oxygens (including phenoxy) is 1. The smallest absolute Gasteiger partial charge is 0.170 e. The Kier molecular flexibility index (Phi) is 10.1. The van der Waals surface area contributed by atoms with Gasteiger partial charge in [0.2, 0.25) is 0 Å². The van der Waals surface area contributed by atoms with Crippen LogP contribution in [0.25, 0.3) is 0 Å². The summed E-state index contributed by atoms with van der Waals surface area (Å²) in [6, 6.07) is 12.8. The van der Waals surface area contributed by atoms with Crippen molar-refractivity contribution in [2.24, 2.45) is 11.7 Å². The third-order valence-electron chi connectivity index (χ3n) is 5.00. The summed E-state index contributed by atoms with van der Waals surface area (Å²) in [4.78, 5) is 0. The van der Waals surface area contributed by atoms with Crippen molar-refractivity contribution in [2.75, 3.05) is 13.1 Å². The Morgan fingerprint density at radius 2 is 1.78 bits per heavy atom. The summed E-state index contributed by atoms with van der Waals surface area (Å²) in [6.07, 6.45) is 3.74. The van der Waals surface area contributed by atoms with Gasteiger partial charge >= 0.3 is 0 Å². The van der Waals surface area contributed by atoms with Crippen LogP contribution in [0.5, 0.6) is 11.5 Å². The number of piperidine rings is 1. The fourth-order valence-electron chi connectivity index (χ4n) is 3.50. The lowest BCUT2D eigenvalue weighted by Crippen LogP contribution is -2.29. The van der Waals surface area contributed by atoms with Gasteiger partial charge in [-0.15, -0.1) is 24.8 Å². The maximum atomic E-state index is 15.2. The van der Waals surface area contributed by atoms with E-state index in [4.69, 9.17) is 10.5 Å². The van der Waals surface area contributed by atoms with Crippen LogP contribution in [0, 0.1) is 11.7 Å². The average Bonchev–Trinajstić information content (AvgIpc) is 2.65. The summed E-state index contributed by atoms with van der Waals surface area (Å²) in [7, 11) is 0. The van der Waals surface area contributed by atoms with Crippen molar-refractivity contribution in [1.29, 1.82) is 0 Å². The standard InChI is InChI=1S/C21H27FN2O.2ClH/c1-2-16-8-9-18(19(23)14-15-10-12-24-13-11-15)20(22)21(16)25-17-6-4-3-5-7-17;;/h3-9,15,19,24H,2,10-14,23H2,1H3;2*1H. The Balaban J connectivity index is 0.00000182. The number of nitrogens with two attached hydrogens (primary N) is 1. The van der Waals surface area contributed by atoms with Crippen LogP contribution in [0.2, 0.25) is 0 Å². The molecule has 0 saturated carbocycles. The molecule has 2 aromatic rings. The van der Waals surface area contributed by atoms with Crippen LogP contribution in [0.3, 0.4) is 0 Å². The van der Waals surface area contributed by atoms with Crippen LogP contribution >= 0.6 is 24.8 Å². The van der Waals surface area contributed by atoms with Crippen molar-refractivity contribution >= 4 is 24.8 Å². The van der Waals surface area contributed by atoms with E-state index in [9.17, 15) is 0 Å². The molecule has 1 saturated heterocycles. The second-order valence-electron chi connectivity index (χ2n) is 6.76. The normalized spacial score (nSPS) is 15.4. The highest BCUT2D eigenvalue weighted by Crippen LogP contribution is 2.35. The van der Waals surface area contributed by atoms with E-state index in [1.807, 2.05) is 49.4 Å². The lowest BCUT2D eigenvalue weighted by atomic mass is 9.88. The largest absolute Gasteiger partial charge is 0.454 e. The zero-order valence-electron chi connectivity index (χ0n) is 15.6. The molecule has 1 atom stereocenters. The quantitative estimate of drug-likeness (QED) is 0.663. The fraction of sp³-hybridized carbons (Fsp3) is 0.429. The van der Waals surface area contributed by atoms with E-state index in [0.29, 0.717) is 29.4 Å². The molecule has 3 nitrogen and oxygen atoms in total. The molecule has 0 spiro atoms. The first kappa shape index (κ1) is 23.7. The second kappa shape index (κ2) is 11.5. The second-order valence-corrected chi connectivity index (χ2v) is 6.76. The van der Waals surface area contributed by atoms with Crippen molar-refractivity contribution in [3.63, 3.8) is 0 Å². The van der Waals surface area contributed by atoms with Crippen molar-refractivity contribution in [3.8, 4) is 11.5 Å². The van der Waals surface area contributed by atoms with E-state index < -0.39 is 0 Å². The molecule has 3 rings (SSSR count). The van der Waals surface area contributed by atoms with Gasteiger partial charge in [-0.25, -0.2) is 4.39 Å². The Morgan fingerprint density at radius 3 is 2.41 bits per heavy atom. The van der Waals surface area contributed by atoms with E-state index in [-0.39, 0.29) is 36.7 Å². The summed E-state index contributed by atoms with van der Waals surface area (Å²) in [6.45, 7) is 4.05. The summed E-state index contributed by atoms with van der Waals surface area (Å²) in [5, 5.41) is 3.36. The van der Waals surface area contributed by atoms with Crippen molar-refractivity contribution in [3.05, 3.63) is 59.4 Å². The molecule has 0 aliphatic carbocycles. The number of hydrogen-bond donors (Lipinski definition) is 2. The third kappa shape index (κ3) is 6.08. The Hall–Kier alpha value is -1.33. The molecular weight excluding hydrogens is 386 g/mol. The van der Waals surface area contributed by atoms with Crippen LogP contribution in [0.4, 0.5) is 4.39 Å². The van der Waals surface area contributed by atoms with Crippen molar-refractivity contribution in [1.82, 2.24) is 5.32 Å². The Labute approximate surface area is 173 Å². The minimum atomic E-state index is -0.315. The SMILES string of the molecule is CCc1ccc(C(N)CC2CCNCC2)c(F)c1Oc1ccccc1.Cl.Cl. The van der Waals surface area contributed by atoms with E-state index >= 15 is 4.39 Å². The summed E-state index contributed by atoms with van der Waals surface area (Å²) >= 11 is 0. The summed E-state index contributed by atoms with van der Waals surface area (Å²) < 4.78 is 21.1. The molecule has 1 unspecified atom stereocenters. The lowest BCUT2D eigenvalue weighted by molar-refractivity contribution is 0.329. The minimum Gasteiger partial charge on any atom is -0.454 e. The van der Waals surface area contributed by atoms with Crippen molar-refractivity contribution in [2.45, 2.75) is 38.6 Å². The van der Waals surface area contributed by atoms with Crippen LogP contribution < -0.4 is 15.8 Å². The average molecular weight is 415 g/mol. The molecule has 1 aliphatic heterocycles. The molecule has 6 heteroatoms. The number of benzene rings is 2. The highest BCUT2D eigenvalue weighted by atomic mass is 35.5. The number of para-hydroxylation sites is 1. The van der Waals surface area contributed by atoms with Gasteiger partial charge in [-0.2, -0.15) is 0 Å². The van der Waals surface area contributed by atoms with Gasteiger partial charge in [-0.1, -0.05) is 37.3 Å². The topological polar surface area (TPSA) is 47.3 Å². The minimum absolute atomic E-state index is 0. The first-order valence-corrected chi connectivity index (χ1v) is 9.19. The van der Waals surface area contributed by atoms with E-state index in [2.05, 4.69) is 5.32 Å². The molecular formula is C21H29Cl2FN2O. The highest BCUT2D eigenvalue weighted by molar-refractivity contribution is 5.85. The molecule has 1 fully saturated rings. The number of nitrogens with one attached hydrogen (secondary N) is 1. The molecule has 3 N–H and O–H groups in total. The van der Waals surface area contributed by atoms with E-state index in [1.54, 1.807) is 0 Å². The predicted molar refractivity (Wildman–Crippen MR) is 114 cm³/mol. The molecule has 1 aliphatic rings. The molecule has 0 aromatic heterocycles. The monoisotopic (exact) mass is 414 g/mol. The Morgan fingerprint density at radius 1 is 1.11 bits per heavy atom. The van der Waals surface area contributed by atoms with Gasteiger partial charge in [0, 0.05) is 11.6 Å². The van der Waals surface area contributed by atoms with E-state index in [0.717, 1.165) is 37.9 Å². The van der Waals surface area contributed by atoms with Crippen LogP contribution in [0.1, 0.15) is 43.4 Å². The van der Waals surface area contributed by atoms with E-state index in [1.165, 1.54) is 0 Å². The molecule has 0 bridgehead atoms. The van der Waals surface area contributed by atoms with Crippen LogP contribution in [-0.4, -0.2) is 13.1 Å². The number of aryl methyl sites for hydroxylation is 1.